The van der Waals surface area contributed by atoms with Crippen LogP contribution in [0.3, 0.4) is 0 Å². The summed E-state index contributed by atoms with van der Waals surface area (Å²) < 4.78 is 101. The summed E-state index contributed by atoms with van der Waals surface area (Å²) in [6.07, 6.45) is -14.3. The molecule has 0 radical (unpaired) electrons. The zero-order valence-corrected chi connectivity index (χ0v) is 18.7. The number of esters is 1. The first-order chi connectivity index (χ1) is 16.7. The van der Waals surface area contributed by atoms with Gasteiger partial charge in [-0.25, -0.2) is 9.59 Å². The number of hydrogen-bond donors (Lipinski definition) is 2. The van der Waals surface area contributed by atoms with Gasteiger partial charge >= 0.3 is 24.7 Å². The Labute approximate surface area is 199 Å². The number of halogens is 6. The summed E-state index contributed by atoms with van der Waals surface area (Å²) in [6, 6.07) is 1.64. The average molecular weight is 533 g/mol. The fraction of sp³-hybridized carbons (Fsp3) is 0.500. The molecule has 0 spiro atoms. The summed E-state index contributed by atoms with van der Waals surface area (Å²) in [5, 5.41) is 8.26. The van der Waals surface area contributed by atoms with Crippen molar-refractivity contribution in [3.63, 3.8) is 0 Å². The van der Waals surface area contributed by atoms with Crippen molar-refractivity contribution >= 4 is 18.2 Å². The van der Waals surface area contributed by atoms with Crippen LogP contribution in [0.15, 0.2) is 17.7 Å². The molecule has 2 unspecified atom stereocenters. The number of ether oxygens (including phenoxy) is 5. The highest BCUT2D eigenvalue weighted by molar-refractivity contribution is 5.96. The van der Waals surface area contributed by atoms with Crippen LogP contribution in [-0.2, 0) is 30.3 Å². The molecule has 1 heterocycles. The van der Waals surface area contributed by atoms with Crippen LogP contribution in [0.25, 0.3) is 6.08 Å². The molecule has 0 saturated heterocycles. The van der Waals surface area contributed by atoms with Gasteiger partial charge in [-0.3, -0.25) is 10.0 Å². The third kappa shape index (κ3) is 8.46. The van der Waals surface area contributed by atoms with E-state index in [0.29, 0.717) is 6.08 Å². The van der Waals surface area contributed by atoms with Gasteiger partial charge in [0.25, 0.3) is 0 Å². The Morgan fingerprint density at radius 1 is 1.17 bits per heavy atom. The monoisotopic (exact) mass is 533 g/mol. The van der Waals surface area contributed by atoms with E-state index < -0.39 is 55.0 Å². The Kier molecular flexibility index (Phi) is 9.77. The first-order valence-corrected chi connectivity index (χ1v) is 10.1. The van der Waals surface area contributed by atoms with Crippen LogP contribution < -0.4 is 15.1 Å². The van der Waals surface area contributed by atoms with Crippen molar-refractivity contribution in [3.8, 4) is 11.5 Å². The van der Waals surface area contributed by atoms with Crippen LogP contribution in [0.2, 0.25) is 0 Å². The van der Waals surface area contributed by atoms with Gasteiger partial charge in [0.1, 0.15) is 17.6 Å². The van der Waals surface area contributed by atoms with E-state index in [1.54, 1.807) is 0 Å². The van der Waals surface area contributed by atoms with Crippen LogP contribution in [0.1, 0.15) is 31.4 Å². The molecule has 2 atom stereocenters. The van der Waals surface area contributed by atoms with E-state index in [1.165, 1.54) is 19.5 Å². The molecule has 1 aliphatic rings. The number of nitrogens with one attached hydrogen (secondary N) is 1. The van der Waals surface area contributed by atoms with Gasteiger partial charge in [-0.15, -0.1) is 13.2 Å². The topological polar surface area (TPSA) is 122 Å². The zero-order chi connectivity index (χ0) is 27.1. The Balaban J connectivity index is 2.17. The minimum absolute atomic E-state index is 0.00734. The standard InChI is InChI=1S/C20H21F6NO9/c1-3-11-6-13(36-20(24,25)26)7-12-8-14(16(19(21,22)23)35-15(11)12)17(28)31-9-32-18(29)34-10(2)4-5-33-27-30/h6-8,10,16,27,30H,3-5,9H2,1-2H3. The Hall–Kier alpha value is -3.24. The fourth-order valence-corrected chi connectivity index (χ4v) is 2.97. The van der Waals surface area contributed by atoms with Gasteiger partial charge in [0.15, 0.2) is 0 Å². The quantitative estimate of drug-likeness (QED) is 0.149. The number of fused-ring (bicyclic) bond motifs is 1. The van der Waals surface area contributed by atoms with Crippen LogP contribution in [0.4, 0.5) is 31.1 Å². The van der Waals surface area contributed by atoms with E-state index in [2.05, 4.69) is 19.0 Å². The lowest BCUT2D eigenvalue weighted by atomic mass is 9.97. The second kappa shape index (κ2) is 12.1. The molecule has 0 aliphatic carbocycles. The lowest BCUT2D eigenvalue weighted by Gasteiger charge is -2.29. The highest BCUT2D eigenvalue weighted by Gasteiger charge is 2.49. The summed E-state index contributed by atoms with van der Waals surface area (Å²) >= 11 is 0. The maximum absolute atomic E-state index is 13.6. The van der Waals surface area contributed by atoms with E-state index in [9.17, 15) is 35.9 Å². The van der Waals surface area contributed by atoms with E-state index >= 15 is 0 Å². The lowest BCUT2D eigenvalue weighted by molar-refractivity contribution is -0.274. The molecule has 1 aromatic rings. The first-order valence-electron chi connectivity index (χ1n) is 10.1. The van der Waals surface area contributed by atoms with E-state index in [4.69, 9.17) is 14.7 Å². The van der Waals surface area contributed by atoms with Crippen molar-refractivity contribution in [1.82, 2.24) is 5.64 Å². The summed E-state index contributed by atoms with van der Waals surface area (Å²) in [7, 11) is 0. The largest absolute Gasteiger partial charge is 0.573 e. The van der Waals surface area contributed by atoms with Gasteiger partial charge in [-0.05, 0) is 37.1 Å². The van der Waals surface area contributed by atoms with Gasteiger partial charge in [-0.2, -0.15) is 13.2 Å². The van der Waals surface area contributed by atoms with Crippen molar-refractivity contribution in [2.45, 2.75) is 51.4 Å². The molecular weight excluding hydrogens is 512 g/mol. The first kappa shape index (κ1) is 29.0. The minimum atomic E-state index is -5.10. The van der Waals surface area contributed by atoms with Crippen molar-refractivity contribution < 1.29 is 69.7 Å². The second-order valence-electron chi connectivity index (χ2n) is 7.14. The number of carbonyl (C=O) groups excluding carboxylic acids is 2. The number of carbonyl (C=O) groups is 2. The molecule has 2 N–H and O–H groups in total. The van der Waals surface area contributed by atoms with Crippen molar-refractivity contribution in [1.29, 1.82) is 0 Å². The van der Waals surface area contributed by atoms with Crippen LogP contribution in [-0.4, -0.2) is 55.5 Å². The highest BCUT2D eigenvalue weighted by Crippen LogP contribution is 2.42. The van der Waals surface area contributed by atoms with Crippen LogP contribution in [0, 0.1) is 0 Å². The minimum Gasteiger partial charge on any atom is -0.475 e. The predicted octanol–water partition coefficient (Wildman–Crippen LogP) is 4.20. The smallest absolute Gasteiger partial charge is 0.475 e. The molecule has 36 heavy (non-hydrogen) atoms. The molecule has 1 aromatic carbocycles. The molecule has 0 amide bonds. The predicted molar refractivity (Wildman–Crippen MR) is 104 cm³/mol. The number of alkyl halides is 6. The maximum Gasteiger partial charge on any atom is 0.573 e. The molecule has 16 heteroatoms. The van der Waals surface area contributed by atoms with Gasteiger partial charge in [0.2, 0.25) is 12.9 Å². The average Bonchev–Trinajstić information content (AvgIpc) is 2.75. The van der Waals surface area contributed by atoms with Crippen molar-refractivity contribution in [2.24, 2.45) is 0 Å². The molecular formula is C20H21F6NO9. The molecule has 0 bridgehead atoms. The number of rotatable bonds is 10. The number of benzene rings is 1. The molecule has 1 aliphatic heterocycles. The van der Waals surface area contributed by atoms with Crippen molar-refractivity contribution in [2.75, 3.05) is 13.4 Å². The Bertz CT molecular complexity index is 964. The molecule has 2 rings (SSSR count). The zero-order valence-electron chi connectivity index (χ0n) is 18.7. The number of aryl methyl sites for hydroxylation is 1. The Morgan fingerprint density at radius 2 is 1.86 bits per heavy atom. The third-order valence-corrected chi connectivity index (χ3v) is 4.50. The summed E-state index contributed by atoms with van der Waals surface area (Å²) in [5.74, 6) is -2.71. The SMILES string of the molecule is CCc1cc(OC(F)(F)F)cc2c1OC(C(F)(F)F)C(C(=O)OCOC(=O)OC(C)CCONO)=C2. The molecule has 10 nitrogen and oxygen atoms in total. The molecule has 0 fully saturated rings. The molecule has 202 valence electrons. The molecule has 0 aromatic heterocycles. The van der Waals surface area contributed by atoms with Crippen molar-refractivity contribution in [3.05, 3.63) is 28.8 Å². The van der Waals surface area contributed by atoms with Gasteiger partial charge in [0, 0.05) is 12.0 Å². The Morgan fingerprint density at radius 3 is 2.44 bits per heavy atom. The molecule has 0 saturated carbocycles. The second-order valence-corrected chi connectivity index (χ2v) is 7.14. The van der Waals surface area contributed by atoms with E-state index in [0.717, 1.165) is 12.1 Å². The lowest BCUT2D eigenvalue weighted by Crippen LogP contribution is -2.41. The summed E-state index contributed by atoms with van der Waals surface area (Å²) in [6.45, 7) is 1.72. The van der Waals surface area contributed by atoms with E-state index in [1.807, 2.05) is 0 Å². The summed E-state index contributed by atoms with van der Waals surface area (Å²) in [4.78, 5) is 28.3. The normalized spacial score (nSPS) is 16.2. The third-order valence-electron chi connectivity index (χ3n) is 4.50. The fourth-order valence-electron chi connectivity index (χ4n) is 2.97. The number of hydrogen-bond acceptors (Lipinski definition) is 10. The summed E-state index contributed by atoms with van der Waals surface area (Å²) in [5.41, 5.74) is 0.00939. The maximum atomic E-state index is 13.6. The van der Waals surface area contributed by atoms with Gasteiger partial charge in [0.05, 0.1) is 12.2 Å². The highest BCUT2D eigenvalue weighted by atomic mass is 19.4. The van der Waals surface area contributed by atoms with Gasteiger partial charge < -0.3 is 23.7 Å². The van der Waals surface area contributed by atoms with Gasteiger partial charge in [-0.1, -0.05) is 12.6 Å². The van der Waals surface area contributed by atoms with Crippen LogP contribution in [0.5, 0.6) is 11.5 Å². The van der Waals surface area contributed by atoms with E-state index in [-0.39, 0.29) is 36.3 Å². The van der Waals surface area contributed by atoms with Crippen LogP contribution >= 0.6 is 0 Å².